The first-order valence-corrected chi connectivity index (χ1v) is 6.32. The summed E-state index contributed by atoms with van der Waals surface area (Å²) >= 11 is 1.75. The van der Waals surface area contributed by atoms with Crippen molar-refractivity contribution >= 4 is 27.2 Å². The van der Waals surface area contributed by atoms with E-state index in [1.807, 2.05) is 30.3 Å². The van der Waals surface area contributed by atoms with Gasteiger partial charge in [-0.2, -0.15) is 0 Å². The van der Waals surface area contributed by atoms with Crippen molar-refractivity contribution in [1.82, 2.24) is 4.98 Å². The quantitative estimate of drug-likeness (QED) is 0.697. The molecule has 3 heteroatoms. The molecule has 17 heavy (non-hydrogen) atoms. The molecular formula is C14H12N2S. The van der Waals surface area contributed by atoms with Gasteiger partial charge in [-0.15, -0.1) is 11.3 Å². The highest BCUT2D eigenvalue weighted by molar-refractivity contribution is 7.18. The van der Waals surface area contributed by atoms with Crippen molar-refractivity contribution < 1.29 is 0 Å². The fraction of sp³-hybridized carbons (Fsp3) is 0.0714. The van der Waals surface area contributed by atoms with Crippen LogP contribution >= 0.6 is 11.3 Å². The minimum absolute atomic E-state index is 0.809. The second-order valence-electron chi connectivity index (χ2n) is 4.00. The molecule has 3 rings (SSSR count). The number of fused-ring (bicyclic) bond motifs is 1. The van der Waals surface area contributed by atoms with Crippen LogP contribution in [0, 0.1) is 0 Å². The first-order valence-electron chi connectivity index (χ1n) is 5.50. The van der Waals surface area contributed by atoms with Gasteiger partial charge in [0.2, 0.25) is 0 Å². The molecule has 0 aliphatic rings. The van der Waals surface area contributed by atoms with Gasteiger partial charge in [-0.05, 0) is 29.8 Å². The Balaban J connectivity index is 1.94. The molecule has 0 saturated carbocycles. The first-order chi connectivity index (χ1) is 8.31. The molecular weight excluding hydrogens is 228 g/mol. The summed E-state index contributed by atoms with van der Waals surface area (Å²) in [5.41, 5.74) is 8.87. The molecule has 0 saturated heterocycles. The lowest BCUT2D eigenvalue weighted by atomic mass is 10.1. The molecule has 0 unspecified atom stereocenters. The summed E-state index contributed by atoms with van der Waals surface area (Å²) in [4.78, 5) is 4.62. The smallest absolute Gasteiger partial charge is 0.0982 e. The zero-order valence-electron chi connectivity index (χ0n) is 9.26. The van der Waals surface area contributed by atoms with Crippen molar-refractivity contribution in [3.63, 3.8) is 0 Å². The Labute approximate surface area is 104 Å². The number of aromatic nitrogens is 1. The predicted molar refractivity (Wildman–Crippen MR) is 73.3 cm³/mol. The standard InChI is InChI=1S/C14H12N2S/c15-11-5-3-4-10(8-11)9-14-16-12-6-1-2-7-13(12)17-14/h1-8H,9,15H2. The number of nitrogens with zero attached hydrogens (tertiary/aromatic N) is 1. The Morgan fingerprint density at radius 1 is 1.06 bits per heavy atom. The van der Waals surface area contributed by atoms with E-state index < -0.39 is 0 Å². The number of anilines is 1. The molecule has 0 aliphatic heterocycles. The second kappa shape index (κ2) is 4.18. The Kier molecular flexibility index (Phi) is 2.53. The summed E-state index contributed by atoms with van der Waals surface area (Å²) in [5.74, 6) is 0. The van der Waals surface area contributed by atoms with Gasteiger partial charge in [-0.3, -0.25) is 0 Å². The fourth-order valence-corrected chi connectivity index (χ4v) is 2.87. The third-order valence-electron chi connectivity index (χ3n) is 2.64. The van der Waals surface area contributed by atoms with E-state index in [0.29, 0.717) is 0 Å². The van der Waals surface area contributed by atoms with Crippen molar-refractivity contribution in [2.75, 3.05) is 5.73 Å². The van der Waals surface area contributed by atoms with Crippen LogP contribution in [0.5, 0.6) is 0 Å². The van der Waals surface area contributed by atoms with Gasteiger partial charge in [0.25, 0.3) is 0 Å². The van der Waals surface area contributed by atoms with Gasteiger partial charge in [0.1, 0.15) is 0 Å². The lowest BCUT2D eigenvalue weighted by molar-refractivity contribution is 1.16. The summed E-state index contributed by atoms with van der Waals surface area (Å²) in [7, 11) is 0. The van der Waals surface area contributed by atoms with E-state index in [0.717, 1.165) is 22.6 Å². The molecule has 0 radical (unpaired) electrons. The first kappa shape index (κ1) is 10.3. The van der Waals surface area contributed by atoms with Gasteiger partial charge < -0.3 is 5.73 Å². The number of hydrogen-bond acceptors (Lipinski definition) is 3. The lowest BCUT2D eigenvalue weighted by Gasteiger charge is -1.98. The SMILES string of the molecule is Nc1cccc(Cc2nc3ccccc3s2)c1. The maximum Gasteiger partial charge on any atom is 0.0982 e. The van der Waals surface area contributed by atoms with Crippen LogP contribution in [0.4, 0.5) is 5.69 Å². The normalized spacial score (nSPS) is 10.8. The van der Waals surface area contributed by atoms with Crippen LogP contribution in [0.1, 0.15) is 10.6 Å². The molecule has 0 spiro atoms. The monoisotopic (exact) mass is 240 g/mol. The van der Waals surface area contributed by atoms with E-state index in [1.165, 1.54) is 10.3 Å². The summed E-state index contributed by atoms with van der Waals surface area (Å²) in [6.07, 6.45) is 0.852. The molecule has 1 heterocycles. The van der Waals surface area contributed by atoms with Crippen LogP contribution in [0.25, 0.3) is 10.2 Å². The highest BCUT2D eigenvalue weighted by atomic mass is 32.1. The van der Waals surface area contributed by atoms with Crippen LogP contribution in [-0.4, -0.2) is 4.98 Å². The molecule has 2 nitrogen and oxygen atoms in total. The Morgan fingerprint density at radius 2 is 1.94 bits per heavy atom. The van der Waals surface area contributed by atoms with Gasteiger partial charge in [0.05, 0.1) is 15.2 Å². The summed E-state index contributed by atoms with van der Waals surface area (Å²) in [6, 6.07) is 16.2. The van der Waals surface area contributed by atoms with E-state index in [2.05, 4.69) is 23.2 Å². The lowest BCUT2D eigenvalue weighted by Crippen LogP contribution is -1.90. The van der Waals surface area contributed by atoms with E-state index in [9.17, 15) is 0 Å². The highest BCUT2D eigenvalue weighted by Crippen LogP contribution is 2.23. The summed E-state index contributed by atoms with van der Waals surface area (Å²) in [6.45, 7) is 0. The van der Waals surface area contributed by atoms with Gasteiger partial charge in [-0.1, -0.05) is 24.3 Å². The number of nitrogen functional groups attached to an aromatic ring is 1. The van der Waals surface area contributed by atoms with Crippen LogP contribution in [-0.2, 0) is 6.42 Å². The topological polar surface area (TPSA) is 38.9 Å². The molecule has 0 amide bonds. The van der Waals surface area contributed by atoms with E-state index in [4.69, 9.17) is 5.73 Å². The average molecular weight is 240 g/mol. The zero-order valence-corrected chi connectivity index (χ0v) is 10.1. The van der Waals surface area contributed by atoms with Crippen LogP contribution in [0.2, 0.25) is 0 Å². The second-order valence-corrected chi connectivity index (χ2v) is 5.11. The molecule has 0 fully saturated rings. The molecule has 2 N–H and O–H groups in total. The fourth-order valence-electron chi connectivity index (χ4n) is 1.87. The van der Waals surface area contributed by atoms with Crippen LogP contribution < -0.4 is 5.73 Å². The van der Waals surface area contributed by atoms with E-state index >= 15 is 0 Å². The largest absolute Gasteiger partial charge is 0.399 e. The van der Waals surface area contributed by atoms with Gasteiger partial charge >= 0.3 is 0 Å². The number of benzene rings is 2. The molecule has 3 aromatic rings. The number of rotatable bonds is 2. The minimum Gasteiger partial charge on any atom is -0.399 e. The Morgan fingerprint density at radius 3 is 2.76 bits per heavy atom. The number of thiazole rings is 1. The molecule has 0 atom stereocenters. The zero-order chi connectivity index (χ0) is 11.7. The molecule has 0 bridgehead atoms. The van der Waals surface area contributed by atoms with Crippen molar-refractivity contribution in [3.8, 4) is 0 Å². The molecule has 2 aromatic carbocycles. The third kappa shape index (κ3) is 2.15. The average Bonchev–Trinajstić information content (AvgIpc) is 2.71. The Hall–Kier alpha value is -1.87. The maximum atomic E-state index is 5.77. The third-order valence-corrected chi connectivity index (χ3v) is 3.68. The van der Waals surface area contributed by atoms with Crippen LogP contribution in [0.3, 0.4) is 0 Å². The Bertz CT molecular complexity index is 625. The number of para-hydroxylation sites is 1. The maximum absolute atomic E-state index is 5.77. The van der Waals surface area contributed by atoms with Gasteiger partial charge in [-0.25, -0.2) is 4.98 Å². The van der Waals surface area contributed by atoms with Crippen molar-refractivity contribution in [2.24, 2.45) is 0 Å². The van der Waals surface area contributed by atoms with Gasteiger partial charge in [0, 0.05) is 12.1 Å². The number of nitrogens with two attached hydrogens (primary N) is 1. The number of hydrogen-bond donors (Lipinski definition) is 1. The highest BCUT2D eigenvalue weighted by Gasteiger charge is 2.04. The molecule has 1 aromatic heterocycles. The summed E-state index contributed by atoms with van der Waals surface area (Å²) in [5, 5.41) is 1.14. The van der Waals surface area contributed by atoms with Crippen molar-refractivity contribution in [2.45, 2.75) is 6.42 Å². The van der Waals surface area contributed by atoms with Gasteiger partial charge in [0.15, 0.2) is 0 Å². The van der Waals surface area contributed by atoms with E-state index in [-0.39, 0.29) is 0 Å². The minimum atomic E-state index is 0.809. The predicted octanol–water partition coefficient (Wildman–Crippen LogP) is 3.47. The molecule has 84 valence electrons. The van der Waals surface area contributed by atoms with Crippen molar-refractivity contribution in [1.29, 1.82) is 0 Å². The summed E-state index contributed by atoms with van der Waals surface area (Å²) < 4.78 is 1.24. The van der Waals surface area contributed by atoms with Crippen LogP contribution in [0.15, 0.2) is 48.5 Å². The van der Waals surface area contributed by atoms with Crippen molar-refractivity contribution in [3.05, 3.63) is 59.1 Å². The van der Waals surface area contributed by atoms with E-state index in [1.54, 1.807) is 11.3 Å². The molecule has 0 aliphatic carbocycles.